The summed E-state index contributed by atoms with van der Waals surface area (Å²) in [6, 6.07) is 4.66. The molecule has 1 aromatic carbocycles. The first-order chi connectivity index (χ1) is 10.6. The summed E-state index contributed by atoms with van der Waals surface area (Å²) in [5.74, 6) is 2.04. The minimum atomic E-state index is 0.183. The molecule has 0 aliphatic carbocycles. The molecule has 0 bridgehead atoms. The van der Waals surface area contributed by atoms with Crippen molar-refractivity contribution in [1.29, 1.82) is 0 Å². The number of hydrogen-bond acceptors (Lipinski definition) is 5. The van der Waals surface area contributed by atoms with Gasteiger partial charge in [-0.05, 0) is 44.0 Å². The Labute approximate surface area is 133 Å². The minimum Gasteiger partial charge on any atom is -0.493 e. The molecule has 1 saturated heterocycles. The van der Waals surface area contributed by atoms with Crippen LogP contribution in [0.3, 0.4) is 0 Å². The third-order valence-corrected chi connectivity index (χ3v) is 4.38. The first-order valence-corrected chi connectivity index (χ1v) is 7.89. The van der Waals surface area contributed by atoms with Crippen molar-refractivity contribution in [3.05, 3.63) is 17.7 Å². The fourth-order valence-corrected chi connectivity index (χ4v) is 3.27. The van der Waals surface area contributed by atoms with Gasteiger partial charge in [0, 0.05) is 18.6 Å². The summed E-state index contributed by atoms with van der Waals surface area (Å²) in [5.41, 5.74) is 7.31. The van der Waals surface area contributed by atoms with Gasteiger partial charge in [-0.15, -0.1) is 0 Å². The smallest absolute Gasteiger partial charge is 0.203 e. The quantitative estimate of drug-likeness (QED) is 0.874. The second kappa shape index (κ2) is 7.70. The maximum Gasteiger partial charge on any atom is 0.203 e. The second-order valence-corrected chi connectivity index (χ2v) is 5.93. The Morgan fingerprint density at radius 1 is 1.14 bits per heavy atom. The number of nitrogens with zero attached hydrogens (tertiary/aromatic N) is 1. The van der Waals surface area contributed by atoms with E-state index in [1.54, 1.807) is 21.3 Å². The summed E-state index contributed by atoms with van der Waals surface area (Å²) in [6.45, 7) is 4.03. The Hall–Kier alpha value is -1.46. The molecule has 124 valence electrons. The van der Waals surface area contributed by atoms with E-state index in [0.717, 1.165) is 18.7 Å². The van der Waals surface area contributed by atoms with Crippen molar-refractivity contribution in [3.63, 3.8) is 0 Å². The van der Waals surface area contributed by atoms with Crippen molar-refractivity contribution in [3.8, 4) is 17.2 Å². The van der Waals surface area contributed by atoms with Gasteiger partial charge in [-0.1, -0.05) is 6.42 Å². The first-order valence-electron chi connectivity index (χ1n) is 7.89. The van der Waals surface area contributed by atoms with Crippen LogP contribution >= 0.6 is 0 Å². The number of benzene rings is 1. The molecule has 2 unspecified atom stereocenters. The molecule has 1 aliphatic rings. The Morgan fingerprint density at radius 2 is 1.77 bits per heavy atom. The summed E-state index contributed by atoms with van der Waals surface area (Å²) < 4.78 is 16.2. The standard InChI is InChI=1S/C17H28N2O3/c1-12(18)14-7-5-6-8-19(14)11-13-9-15(20-2)17(22-4)16(10-13)21-3/h9-10,12,14H,5-8,11,18H2,1-4H3. The molecule has 0 radical (unpaired) electrons. The van der Waals surface area contributed by atoms with Crippen LogP contribution in [0.2, 0.25) is 0 Å². The van der Waals surface area contributed by atoms with Crippen molar-refractivity contribution in [2.24, 2.45) is 5.73 Å². The van der Waals surface area contributed by atoms with E-state index in [1.807, 2.05) is 12.1 Å². The molecule has 2 atom stereocenters. The molecule has 5 heteroatoms. The van der Waals surface area contributed by atoms with E-state index in [-0.39, 0.29) is 6.04 Å². The lowest BCUT2D eigenvalue weighted by Crippen LogP contribution is -2.48. The molecule has 1 aliphatic heterocycles. The van der Waals surface area contributed by atoms with Gasteiger partial charge in [-0.25, -0.2) is 0 Å². The van der Waals surface area contributed by atoms with Gasteiger partial charge in [0.05, 0.1) is 21.3 Å². The number of likely N-dealkylation sites (tertiary alicyclic amines) is 1. The van der Waals surface area contributed by atoms with Gasteiger partial charge in [0.25, 0.3) is 0 Å². The molecule has 5 nitrogen and oxygen atoms in total. The van der Waals surface area contributed by atoms with E-state index in [0.29, 0.717) is 23.3 Å². The number of rotatable bonds is 6. The van der Waals surface area contributed by atoms with Crippen LogP contribution in [0.4, 0.5) is 0 Å². The zero-order valence-electron chi connectivity index (χ0n) is 14.1. The van der Waals surface area contributed by atoms with Crippen LogP contribution in [0.5, 0.6) is 17.2 Å². The van der Waals surface area contributed by atoms with Gasteiger partial charge < -0.3 is 19.9 Å². The van der Waals surface area contributed by atoms with Gasteiger partial charge in [0.1, 0.15) is 0 Å². The van der Waals surface area contributed by atoms with Crippen LogP contribution in [0.25, 0.3) is 0 Å². The maximum absolute atomic E-state index is 6.16. The van der Waals surface area contributed by atoms with E-state index in [4.69, 9.17) is 19.9 Å². The predicted octanol–water partition coefficient (Wildman–Crippen LogP) is 2.41. The van der Waals surface area contributed by atoms with Crippen LogP contribution in [0, 0.1) is 0 Å². The highest BCUT2D eigenvalue weighted by molar-refractivity contribution is 5.53. The molecule has 22 heavy (non-hydrogen) atoms. The number of hydrogen-bond donors (Lipinski definition) is 1. The van der Waals surface area contributed by atoms with Crippen molar-refractivity contribution in [1.82, 2.24) is 4.90 Å². The molecule has 0 saturated carbocycles. The minimum absolute atomic E-state index is 0.183. The van der Waals surface area contributed by atoms with Gasteiger partial charge in [-0.3, -0.25) is 4.90 Å². The predicted molar refractivity (Wildman–Crippen MR) is 87.8 cm³/mol. The average molecular weight is 308 g/mol. The lowest BCUT2D eigenvalue weighted by atomic mass is 9.96. The molecular formula is C17H28N2O3. The second-order valence-electron chi connectivity index (χ2n) is 5.93. The van der Waals surface area contributed by atoms with Crippen molar-refractivity contribution < 1.29 is 14.2 Å². The van der Waals surface area contributed by atoms with Crippen molar-refractivity contribution >= 4 is 0 Å². The van der Waals surface area contributed by atoms with E-state index in [2.05, 4.69) is 11.8 Å². The Morgan fingerprint density at radius 3 is 2.27 bits per heavy atom. The van der Waals surface area contributed by atoms with Gasteiger partial charge >= 0.3 is 0 Å². The Bertz CT molecular complexity index is 466. The van der Waals surface area contributed by atoms with Crippen LogP contribution in [0.1, 0.15) is 31.7 Å². The molecular weight excluding hydrogens is 280 g/mol. The number of piperidine rings is 1. The fraction of sp³-hybridized carbons (Fsp3) is 0.647. The lowest BCUT2D eigenvalue weighted by molar-refractivity contribution is 0.123. The van der Waals surface area contributed by atoms with Gasteiger partial charge in [-0.2, -0.15) is 0 Å². The van der Waals surface area contributed by atoms with Crippen LogP contribution in [0.15, 0.2) is 12.1 Å². The first kappa shape index (κ1) is 16.9. The van der Waals surface area contributed by atoms with Crippen molar-refractivity contribution in [2.75, 3.05) is 27.9 Å². The maximum atomic E-state index is 6.16. The summed E-state index contributed by atoms with van der Waals surface area (Å²) in [7, 11) is 4.91. The molecule has 1 aromatic rings. The van der Waals surface area contributed by atoms with E-state index >= 15 is 0 Å². The zero-order valence-corrected chi connectivity index (χ0v) is 14.1. The highest BCUT2D eigenvalue weighted by atomic mass is 16.5. The molecule has 0 spiro atoms. The van der Waals surface area contributed by atoms with Crippen LogP contribution in [-0.4, -0.2) is 44.9 Å². The van der Waals surface area contributed by atoms with Gasteiger partial charge in [0.15, 0.2) is 11.5 Å². The molecule has 0 aromatic heterocycles. The van der Waals surface area contributed by atoms with E-state index in [1.165, 1.54) is 19.3 Å². The number of methoxy groups -OCH3 is 3. The number of ether oxygens (including phenoxy) is 3. The van der Waals surface area contributed by atoms with E-state index in [9.17, 15) is 0 Å². The zero-order chi connectivity index (χ0) is 16.1. The molecule has 2 rings (SSSR count). The summed E-state index contributed by atoms with van der Waals surface area (Å²) >= 11 is 0. The largest absolute Gasteiger partial charge is 0.493 e. The van der Waals surface area contributed by atoms with Crippen molar-refractivity contribution in [2.45, 2.75) is 44.8 Å². The summed E-state index contributed by atoms with van der Waals surface area (Å²) in [5, 5.41) is 0. The topological polar surface area (TPSA) is 57.0 Å². The molecule has 2 N–H and O–H groups in total. The summed E-state index contributed by atoms with van der Waals surface area (Å²) in [6.07, 6.45) is 3.66. The third-order valence-electron chi connectivity index (χ3n) is 4.38. The van der Waals surface area contributed by atoms with Gasteiger partial charge in [0.2, 0.25) is 5.75 Å². The average Bonchev–Trinajstić information content (AvgIpc) is 2.54. The van der Waals surface area contributed by atoms with Crippen LogP contribution < -0.4 is 19.9 Å². The molecule has 1 heterocycles. The number of nitrogens with two attached hydrogens (primary N) is 1. The molecule has 0 amide bonds. The fourth-order valence-electron chi connectivity index (χ4n) is 3.27. The Kier molecular flexibility index (Phi) is 5.91. The third kappa shape index (κ3) is 3.65. The van der Waals surface area contributed by atoms with E-state index < -0.39 is 0 Å². The SMILES string of the molecule is COc1cc(CN2CCCCC2C(C)N)cc(OC)c1OC. The monoisotopic (exact) mass is 308 g/mol. The summed E-state index contributed by atoms with van der Waals surface area (Å²) in [4.78, 5) is 2.47. The Balaban J connectivity index is 2.24. The van der Waals surface area contributed by atoms with Crippen LogP contribution in [-0.2, 0) is 6.54 Å². The lowest BCUT2D eigenvalue weighted by Gasteiger charge is -2.38. The molecule has 1 fully saturated rings. The highest BCUT2D eigenvalue weighted by Crippen LogP contribution is 2.38. The highest BCUT2D eigenvalue weighted by Gasteiger charge is 2.26. The normalized spacial score (nSPS) is 20.5.